The summed E-state index contributed by atoms with van der Waals surface area (Å²) in [5.74, 6) is -0.750. The molecule has 3 aromatic carbocycles. The molecule has 0 saturated heterocycles. The summed E-state index contributed by atoms with van der Waals surface area (Å²) in [5.41, 5.74) is 8.27. The number of carboxylic acids is 1. The smallest absolute Gasteiger partial charge is 0.322 e. The molecule has 4 N–H and O–H groups in total. The van der Waals surface area contributed by atoms with Crippen LogP contribution in [0.4, 0.5) is 0 Å². The van der Waals surface area contributed by atoms with E-state index in [1.807, 2.05) is 84.9 Å². The lowest BCUT2D eigenvalue weighted by Crippen LogP contribution is -2.42. The van der Waals surface area contributed by atoms with Crippen molar-refractivity contribution in [2.45, 2.75) is 18.6 Å². The number of hydrogen-bond acceptors (Lipinski definition) is 4. The zero-order valence-electron chi connectivity index (χ0n) is 16.4. The number of nitrogens with two attached hydrogens (primary N) is 1. The molecule has 0 bridgehead atoms. The van der Waals surface area contributed by atoms with Gasteiger partial charge >= 0.3 is 5.97 Å². The SMILES string of the molecule is NC(CNC(=O)Cc1ccc(OC(c2ccccc2)c2ccccc2)cc1)C(=O)O. The Kier molecular flexibility index (Phi) is 7.19. The van der Waals surface area contributed by atoms with E-state index in [1.54, 1.807) is 0 Å². The Balaban J connectivity index is 1.66. The van der Waals surface area contributed by atoms with Gasteiger partial charge in [0, 0.05) is 6.54 Å². The average molecular weight is 404 g/mol. The molecule has 0 aromatic heterocycles. The molecule has 1 unspecified atom stereocenters. The topological polar surface area (TPSA) is 102 Å². The molecule has 0 heterocycles. The molecule has 0 spiro atoms. The lowest BCUT2D eigenvalue weighted by Gasteiger charge is -2.20. The van der Waals surface area contributed by atoms with Gasteiger partial charge in [-0.15, -0.1) is 0 Å². The quantitative estimate of drug-likeness (QED) is 0.509. The van der Waals surface area contributed by atoms with Gasteiger partial charge in [0.25, 0.3) is 0 Å². The molecule has 3 rings (SSSR count). The molecule has 0 saturated carbocycles. The van der Waals surface area contributed by atoms with Gasteiger partial charge in [-0.2, -0.15) is 0 Å². The number of carboxylic acid groups (broad SMARTS) is 1. The Hall–Kier alpha value is -3.64. The van der Waals surface area contributed by atoms with Crippen molar-refractivity contribution >= 4 is 11.9 Å². The lowest BCUT2D eigenvalue weighted by atomic mass is 10.0. The molecule has 0 aliphatic heterocycles. The number of nitrogens with one attached hydrogen (secondary N) is 1. The number of carbonyl (C=O) groups excluding carboxylic acids is 1. The molecule has 3 aromatic rings. The average Bonchev–Trinajstić information content (AvgIpc) is 2.78. The Morgan fingerprint density at radius 2 is 1.40 bits per heavy atom. The van der Waals surface area contributed by atoms with E-state index in [9.17, 15) is 9.59 Å². The summed E-state index contributed by atoms with van der Waals surface area (Å²) in [4.78, 5) is 22.7. The van der Waals surface area contributed by atoms with E-state index in [4.69, 9.17) is 15.6 Å². The maximum absolute atomic E-state index is 12.0. The van der Waals surface area contributed by atoms with Crippen molar-refractivity contribution in [1.82, 2.24) is 5.32 Å². The minimum Gasteiger partial charge on any atom is -0.481 e. The van der Waals surface area contributed by atoms with E-state index < -0.39 is 12.0 Å². The molecule has 30 heavy (non-hydrogen) atoms. The van der Waals surface area contributed by atoms with Crippen LogP contribution in [0, 0.1) is 0 Å². The van der Waals surface area contributed by atoms with Crippen LogP contribution in [0.5, 0.6) is 5.75 Å². The zero-order valence-corrected chi connectivity index (χ0v) is 16.4. The lowest BCUT2D eigenvalue weighted by molar-refractivity contribution is -0.138. The second-order valence-electron chi connectivity index (χ2n) is 6.89. The van der Waals surface area contributed by atoms with Crippen molar-refractivity contribution in [2.24, 2.45) is 5.73 Å². The van der Waals surface area contributed by atoms with Gasteiger partial charge in [0.1, 0.15) is 17.9 Å². The second kappa shape index (κ2) is 10.2. The van der Waals surface area contributed by atoms with Crippen LogP contribution in [0.15, 0.2) is 84.9 Å². The van der Waals surface area contributed by atoms with E-state index in [0.717, 1.165) is 16.7 Å². The minimum atomic E-state index is -1.15. The van der Waals surface area contributed by atoms with Crippen LogP contribution in [-0.2, 0) is 16.0 Å². The van der Waals surface area contributed by atoms with E-state index in [0.29, 0.717) is 5.75 Å². The monoisotopic (exact) mass is 404 g/mol. The first kappa shape index (κ1) is 21.1. The van der Waals surface area contributed by atoms with E-state index in [2.05, 4.69) is 5.32 Å². The first-order valence-corrected chi connectivity index (χ1v) is 9.63. The molecule has 1 atom stereocenters. The molecule has 1 amide bonds. The first-order valence-electron chi connectivity index (χ1n) is 9.63. The molecule has 6 heteroatoms. The molecule has 0 aliphatic carbocycles. The van der Waals surface area contributed by atoms with Gasteiger partial charge in [0.05, 0.1) is 6.42 Å². The van der Waals surface area contributed by atoms with Gasteiger partial charge in [0.2, 0.25) is 5.91 Å². The third-order valence-electron chi connectivity index (χ3n) is 4.58. The van der Waals surface area contributed by atoms with Crippen molar-refractivity contribution in [3.8, 4) is 5.75 Å². The Morgan fingerprint density at radius 3 is 1.90 bits per heavy atom. The molecular formula is C24H24N2O4. The molecule has 0 aliphatic rings. The summed E-state index contributed by atoms with van der Waals surface area (Å²) in [6.45, 7) is -0.106. The highest BCUT2D eigenvalue weighted by molar-refractivity contribution is 5.80. The van der Waals surface area contributed by atoms with Gasteiger partial charge in [-0.25, -0.2) is 0 Å². The normalized spacial score (nSPS) is 11.7. The summed E-state index contributed by atoms with van der Waals surface area (Å²) >= 11 is 0. The fraction of sp³-hybridized carbons (Fsp3) is 0.167. The van der Waals surface area contributed by atoms with Crippen molar-refractivity contribution < 1.29 is 19.4 Å². The summed E-state index contributed by atoms with van der Waals surface area (Å²) in [6, 6.07) is 26.1. The van der Waals surface area contributed by atoms with E-state index in [1.165, 1.54) is 0 Å². The highest BCUT2D eigenvalue weighted by atomic mass is 16.5. The van der Waals surface area contributed by atoms with Crippen LogP contribution in [0.3, 0.4) is 0 Å². The van der Waals surface area contributed by atoms with Gasteiger partial charge in [-0.05, 0) is 28.8 Å². The van der Waals surface area contributed by atoms with Crippen molar-refractivity contribution in [1.29, 1.82) is 0 Å². The number of aliphatic carboxylic acids is 1. The van der Waals surface area contributed by atoms with Gasteiger partial charge in [-0.3, -0.25) is 9.59 Å². The van der Waals surface area contributed by atoms with Crippen LogP contribution in [-0.4, -0.2) is 29.6 Å². The standard InChI is InChI=1S/C24H24N2O4/c25-21(24(28)29)16-26-22(27)15-17-11-13-20(14-12-17)30-23(18-7-3-1-4-8-18)19-9-5-2-6-10-19/h1-14,21,23H,15-16,25H2,(H,26,27)(H,28,29). The Bertz CT molecular complexity index is 920. The highest BCUT2D eigenvalue weighted by Gasteiger charge is 2.16. The molecule has 6 nitrogen and oxygen atoms in total. The third-order valence-corrected chi connectivity index (χ3v) is 4.58. The van der Waals surface area contributed by atoms with E-state index >= 15 is 0 Å². The van der Waals surface area contributed by atoms with Gasteiger partial charge < -0.3 is 20.9 Å². The highest BCUT2D eigenvalue weighted by Crippen LogP contribution is 2.28. The number of benzene rings is 3. The van der Waals surface area contributed by atoms with Crippen LogP contribution in [0.2, 0.25) is 0 Å². The van der Waals surface area contributed by atoms with Gasteiger partial charge in [-0.1, -0.05) is 72.8 Å². The third kappa shape index (κ3) is 5.93. The Labute approximate surface area is 175 Å². The first-order chi connectivity index (χ1) is 14.5. The summed E-state index contributed by atoms with van der Waals surface area (Å²) in [6.07, 6.45) is -0.119. The number of carbonyl (C=O) groups is 2. The predicted molar refractivity (Wildman–Crippen MR) is 114 cm³/mol. The van der Waals surface area contributed by atoms with Crippen LogP contribution in [0.25, 0.3) is 0 Å². The van der Waals surface area contributed by atoms with Crippen molar-refractivity contribution in [3.63, 3.8) is 0 Å². The summed E-state index contributed by atoms with van der Waals surface area (Å²) in [5, 5.41) is 11.3. The Morgan fingerprint density at radius 1 is 0.867 bits per heavy atom. The second-order valence-corrected chi connectivity index (χ2v) is 6.89. The van der Waals surface area contributed by atoms with Gasteiger partial charge in [0.15, 0.2) is 0 Å². The molecular weight excluding hydrogens is 380 g/mol. The minimum absolute atomic E-state index is 0.106. The predicted octanol–water partition coefficient (Wildman–Crippen LogP) is 2.93. The number of rotatable bonds is 9. The molecule has 0 fully saturated rings. The molecule has 154 valence electrons. The summed E-state index contributed by atoms with van der Waals surface area (Å²) < 4.78 is 6.27. The van der Waals surface area contributed by atoms with Crippen molar-refractivity contribution in [2.75, 3.05) is 6.54 Å². The molecule has 0 radical (unpaired) electrons. The number of amides is 1. The van der Waals surface area contributed by atoms with Crippen LogP contribution >= 0.6 is 0 Å². The number of hydrogen-bond donors (Lipinski definition) is 3. The van der Waals surface area contributed by atoms with Crippen molar-refractivity contribution in [3.05, 3.63) is 102 Å². The fourth-order valence-electron chi connectivity index (χ4n) is 2.97. The largest absolute Gasteiger partial charge is 0.481 e. The maximum Gasteiger partial charge on any atom is 0.322 e. The maximum atomic E-state index is 12.0. The number of ether oxygens (including phenoxy) is 1. The summed E-state index contributed by atoms with van der Waals surface area (Å²) in [7, 11) is 0. The van der Waals surface area contributed by atoms with E-state index in [-0.39, 0.29) is 25.0 Å². The zero-order chi connectivity index (χ0) is 21.3. The fourth-order valence-corrected chi connectivity index (χ4v) is 2.97. The van der Waals surface area contributed by atoms with Crippen LogP contribution in [0.1, 0.15) is 22.8 Å². The van der Waals surface area contributed by atoms with Crippen LogP contribution < -0.4 is 15.8 Å².